The molecule has 0 atom stereocenters. The van der Waals surface area contributed by atoms with Crippen LogP contribution in [-0.4, -0.2) is 35.7 Å². The van der Waals surface area contributed by atoms with Crippen LogP contribution in [0.2, 0.25) is 0 Å². The van der Waals surface area contributed by atoms with Crippen LogP contribution in [0.5, 0.6) is 11.5 Å². The van der Waals surface area contributed by atoms with Gasteiger partial charge in [-0.3, -0.25) is 4.79 Å². The van der Waals surface area contributed by atoms with Crippen LogP contribution >= 0.6 is 0 Å². The molecule has 0 spiro atoms. The van der Waals surface area contributed by atoms with E-state index in [1.54, 1.807) is 25.7 Å². The Morgan fingerprint density at radius 3 is 3.15 bits per heavy atom. The molecule has 0 unspecified atom stereocenters. The number of rotatable bonds is 7. The number of hydrogen-bond donors (Lipinski definition) is 1. The first-order valence-electron chi connectivity index (χ1n) is 8.57. The Bertz CT molecular complexity index is 908. The number of nitrogens with one attached hydrogen (secondary N) is 1. The number of fused-ring (bicyclic) bond motifs is 1. The summed E-state index contributed by atoms with van der Waals surface area (Å²) in [7, 11) is 1.59. The zero-order valence-electron chi connectivity index (χ0n) is 15.0. The first kappa shape index (κ1) is 18.3. The van der Waals surface area contributed by atoms with E-state index in [0.29, 0.717) is 18.0 Å². The average molecular weight is 364 g/mol. The number of nitrogens with zero attached hydrogens (tertiary/aromatic N) is 3. The molecule has 1 aliphatic rings. The summed E-state index contributed by atoms with van der Waals surface area (Å²) in [6.45, 7) is 1.50. The highest BCUT2D eigenvalue weighted by molar-refractivity contribution is 5.98. The molecule has 0 fully saturated rings. The van der Waals surface area contributed by atoms with Crippen molar-refractivity contribution in [2.45, 2.75) is 13.0 Å². The molecule has 7 nitrogen and oxygen atoms in total. The average Bonchev–Trinajstić information content (AvgIpc) is 3.22. The number of methoxy groups -OCH3 is 1. The number of aromatic nitrogens is 2. The quantitative estimate of drug-likeness (QED) is 0.463. The molecular formula is C20H20N4O3. The third-order valence-electron chi connectivity index (χ3n) is 4.09. The zero-order chi connectivity index (χ0) is 19.1. The molecule has 0 radical (unpaired) electrons. The van der Waals surface area contributed by atoms with Crippen molar-refractivity contribution in [1.82, 2.24) is 14.9 Å². The van der Waals surface area contributed by atoms with E-state index < -0.39 is 0 Å². The Morgan fingerprint density at radius 2 is 2.41 bits per heavy atom. The second-order valence-electron chi connectivity index (χ2n) is 5.97. The van der Waals surface area contributed by atoms with Crippen molar-refractivity contribution >= 4 is 12.0 Å². The van der Waals surface area contributed by atoms with Gasteiger partial charge in [-0.25, -0.2) is 4.98 Å². The number of benzene rings is 1. The van der Waals surface area contributed by atoms with Gasteiger partial charge in [0.2, 0.25) is 0 Å². The third-order valence-corrected chi connectivity index (χ3v) is 4.09. The molecule has 0 bridgehead atoms. The van der Waals surface area contributed by atoms with Crippen LogP contribution in [0.25, 0.3) is 6.08 Å². The minimum Gasteiger partial charge on any atom is -0.493 e. The number of imidazole rings is 1. The lowest BCUT2D eigenvalue weighted by atomic mass is 10.0. The predicted octanol–water partition coefficient (Wildman–Crippen LogP) is 2.32. The lowest BCUT2D eigenvalue weighted by Gasteiger charge is -2.18. The maximum absolute atomic E-state index is 12.2. The van der Waals surface area contributed by atoms with Crippen LogP contribution in [0.4, 0.5) is 0 Å². The maximum atomic E-state index is 12.2. The summed E-state index contributed by atoms with van der Waals surface area (Å²) in [4.78, 5) is 16.2. The summed E-state index contributed by atoms with van der Waals surface area (Å²) in [5.41, 5.74) is 1.66. The largest absolute Gasteiger partial charge is 0.493 e. The van der Waals surface area contributed by atoms with Crippen molar-refractivity contribution in [3.8, 4) is 17.6 Å². The molecule has 1 aliphatic heterocycles. The number of nitriles is 1. The highest BCUT2D eigenvalue weighted by Gasteiger charge is 2.16. The Kier molecular flexibility index (Phi) is 5.90. The summed E-state index contributed by atoms with van der Waals surface area (Å²) in [6.07, 6.45) is 9.51. The van der Waals surface area contributed by atoms with Crippen molar-refractivity contribution < 1.29 is 14.3 Å². The van der Waals surface area contributed by atoms with Crippen LogP contribution in [0.1, 0.15) is 12.0 Å². The van der Waals surface area contributed by atoms with Gasteiger partial charge in [0.05, 0.1) is 13.4 Å². The summed E-state index contributed by atoms with van der Waals surface area (Å²) in [5, 5.41) is 12.1. The fourth-order valence-corrected chi connectivity index (χ4v) is 2.75. The molecule has 1 N–H and O–H groups in total. The highest BCUT2D eigenvalue weighted by Crippen LogP contribution is 2.35. The second-order valence-corrected chi connectivity index (χ2v) is 5.97. The maximum Gasteiger partial charge on any atom is 0.261 e. The smallest absolute Gasteiger partial charge is 0.261 e. The number of amides is 1. The lowest BCUT2D eigenvalue weighted by Crippen LogP contribution is -2.26. The third kappa shape index (κ3) is 4.55. The number of carbonyl (C=O) groups is 1. The standard InChI is InChI=1S/C20H20N4O3/c1-26-18-5-2-4-16-10-15(13-27-19(16)18)11-17(12-21)20(25)23-6-3-8-24-9-7-22-14-24/h2,4-5,7,9-11,14H,3,6,8,13H2,1H3,(H,23,25)/b17-11+. The normalized spacial score (nSPS) is 13.0. The molecule has 3 rings (SSSR count). The monoisotopic (exact) mass is 364 g/mol. The summed E-state index contributed by atoms with van der Waals surface area (Å²) in [6, 6.07) is 7.55. The summed E-state index contributed by atoms with van der Waals surface area (Å²) < 4.78 is 12.9. The molecule has 1 amide bonds. The Labute approximate surface area is 157 Å². The topological polar surface area (TPSA) is 89.2 Å². The van der Waals surface area contributed by atoms with E-state index in [9.17, 15) is 10.1 Å². The molecule has 1 aromatic heterocycles. The molecule has 27 heavy (non-hydrogen) atoms. The minimum absolute atomic E-state index is 0.0545. The van der Waals surface area contributed by atoms with Gasteiger partial charge in [0.1, 0.15) is 18.2 Å². The van der Waals surface area contributed by atoms with Crippen LogP contribution < -0.4 is 14.8 Å². The predicted molar refractivity (Wildman–Crippen MR) is 100 cm³/mol. The molecule has 7 heteroatoms. The van der Waals surface area contributed by atoms with Crippen LogP contribution in [0, 0.1) is 11.3 Å². The van der Waals surface area contributed by atoms with Gasteiger partial charge in [-0.1, -0.05) is 12.1 Å². The van der Waals surface area contributed by atoms with Gasteiger partial charge in [0.15, 0.2) is 11.5 Å². The number of para-hydroxylation sites is 1. The van der Waals surface area contributed by atoms with Crippen molar-refractivity contribution in [3.05, 3.63) is 59.7 Å². The lowest BCUT2D eigenvalue weighted by molar-refractivity contribution is -0.117. The number of carbonyl (C=O) groups excluding carboxylic acids is 1. The number of hydrogen-bond acceptors (Lipinski definition) is 5. The molecule has 0 saturated carbocycles. The van der Waals surface area contributed by atoms with E-state index in [1.165, 1.54) is 0 Å². The fourth-order valence-electron chi connectivity index (χ4n) is 2.75. The van der Waals surface area contributed by atoms with Crippen LogP contribution in [0.3, 0.4) is 0 Å². The van der Waals surface area contributed by atoms with E-state index in [1.807, 2.05) is 41.1 Å². The molecule has 1 aromatic carbocycles. The fraction of sp³-hybridized carbons (Fsp3) is 0.250. The highest BCUT2D eigenvalue weighted by atomic mass is 16.5. The molecule has 0 aliphatic carbocycles. The minimum atomic E-state index is -0.388. The van der Waals surface area contributed by atoms with Crippen molar-refractivity contribution in [3.63, 3.8) is 0 Å². The van der Waals surface area contributed by atoms with Crippen molar-refractivity contribution in [2.24, 2.45) is 0 Å². The molecular weight excluding hydrogens is 344 g/mol. The second kappa shape index (κ2) is 8.72. The Morgan fingerprint density at radius 1 is 1.52 bits per heavy atom. The van der Waals surface area contributed by atoms with Crippen molar-refractivity contribution in [2.75, 3.05) is 20.3 Å². The van der Waals surface area contributed by atoms with E-state index in [-0.39, 0.29) is 18.1 Å². The van der Waals surface area contributed by atoms with E-state index in [4.69, 9.17) is 9.47 Å². The van der Waals surface area contributed by atoms with E-state index in [0.717, 1.165) is 24.1 Å². The van der Waals surface area contributed by atoms with Crippen molar-refractivity contribution in [1.29, 1.82) is 5.26 Å². The summed E-state index contributed by atoms with van der Waals surface area (Å²) in [5.74, 6) is 0.933. The Balaban J connectivity index is 1.62. The molecule has 0 saturated heterocycles. The molecule has 2 aromatic rings. The van der Waals surface area contributed by atoms with Gasteiger partial charge in [-0.15, -0.1) is 0 Å². The van der Waals surface area contributed by atoms with Gasteiger partial charge < -0.3 is 19.4 Å². The summed E-state index contributed by atoms with van der Waals surface area (Å²) >= 11 is 0. The molecule has 138 valence electrons. The van der Waals surface area contributed by atoms with E-state index >= 15 is 0 Å². The van der Waals surface area contributed by atoms with Gasteiger partial charge >= 0.3 is 0 Å². The van der Waals surface area contributed by atoms with E-state index in [2.05, 4.69) is 10.3 Å². The number of ether oxygens (including phenoxy) is 2. The van der Waals surface area contributed by atoms with Crippen LogP contribution in [0.15, 0.2) is 54.1 Å². The molecule has 2 heterocycles. The van der Waals surface area contributed by atoms with Gasteiger partial charge in [0.25, 0.3) is 5.91 Å². The number of aryl methyl sites for hydroxylation is 1. The van der Waals surface area contributed by atoms with Gasteiger partial charge in [0, 0.05) is 31.0 Å². The van der Waals surface area contributed by atoms with Crippen LogP contribution in [-0.2, 0) is 11.3 Å². The van der Waals surface area contributed by atoms with Gasteiger partial charge in [-0.2, -0.15) is 5.26 Å². The zero-order valence-corrected chi connectivity index (χ0v) is 15.0. The Hall–Kier alpha value is -3.53. The van der Waals surface area contributed by atoms with Gasteiger partial charge in [-0.05, 0) is 30.2 Å². The SMILES string of the molecule is COc1cccc2c1OCC(/C=C(\C#N)C(=O)NCCCn1ccnc1)=C2. The first-order valence-corrected chi connectivity index (χ1v) is 8.57. The first-order chi connectivity index (χ1) is 13.2.